The summed E-state index contributed by atoms with van der Waals surface area (Å²) in [6.07, 6.45) is 5.21. The predicted molar refractivity (Wildman–Crippen MR) is 85.6 cm³/mol. The van der Waals surface area contributed by atoms with Crippen LogP contribution in [0.15, 0.2) is 18.2 Å². The van der Waals surface area contributed by atoms with Gasteiger partial charge in [0.25, 0.3) is 0 Å². The SMILES string of the molecule is COc1cccc2c1CCC2(N)C(=O)NC1CCC(N)CC1. The Hall–Kier alpha value is -1.59. The Labute approximate surface area is 131 Å². The molecule has 2 aliphatic rings. The zero-order chi connectivity index (χ0) is 15.7. The first-order chi connectivity index (χ1) is 10.5. The molecule has 1 fully saturated rings. The van der Waals surface area contributed by atoms with Gasteiger partial charge in [0.1, 0.15) is 11.3 Å². The molecule has 1 unspecified atom stereocenters. The van der Waals surface area contributed by atoms with Crippen LogP contribution in [0.5, 0.6) is 5.75 Å². The van der Waals surface area contributed by atoms with Crippen molar-refractivity contribution in [1.29, 1.82) is 0 Å². The topological polar surface area (TPSA) is 90.4 Å². The Balaban J connectivity index is 1.77. The molecule has 0 radical (unpaired) electrons. The van der Waals surface area contributed by atoms with Crippen LogP contribution in [0.1, 0.15) is 43.2 Å². The van der Waals surface area contributed by atoms with E-state index in [-0.39, 0.29) is 18.0 Å². The average molecular weight is 303 g/mol. The highest BCUT2D eigenvalue weighted by molar-refractivity contribution is 5.89. The van der Waals surface area contributed by atoms with Crippen molar-refractivity contribution in [2.75, 3.05) is 7.11 Å². The van der Waals surface area contributed by atoms with E-state index in [0.717, 1.165) is 49.0 Å². The second-order valence-corrected chi connectivity index (χ2v) is 6.54. The molecule has 0 aliphatic heterocycles. The number of methoxy groups -OCH3 is 1. The Morgan fingerprint density at radius 2 is 2.05 bits per heavy atom. The zero-order valence-corrected chi connectivity index (χ0v) is 13.1. The normalized spacial score (nSPS) is 30.7. The Kier molecular flexibility index (Phi) is 4.10. The molecule has 0 bridgehead atoms. The van der Waals surface area contributed by atoms with Gasteiger partial charge in [0, 0.05) is 12.1 Å². The largest absolute Gasteiger partial charge is 0.496 e. The fourth-order valence-corrected chi connectivity index (χ4v) is 3.70. The van der Waals surface area contributed by atoms with Crippen molar-refractivity contribution in [2.24, 2.45) is 11.5 Å². The van der Waals surface area contributed by atoms with Gasteiger partial charge in [-0.25, -0.2) is 0 Å². The van der Waals surface area contributed by atoms with Gasteiger partial charge >= 0.3 is 0 Å². The summed E-state index contributed by atoms with van der Waals surface area (Å²) in [5, 5.41) is 3.14. The lowest BCUT2D eigenvalue weighted by molar-refractivity contribution is -0.127. The van der Waals surface area contributed by atoms with E-state index in [9.17, 15) is 4.79 Å². The number of carbonyl (C=O) groups is 1. The van der Waals surface area contributed by atoms with E-state index in [4.69, 9.17) is 16.2 Å². The molecule has 5 N–H and O–H groups in total. The first kappa shape index (κ1) is 15.3. The number of ether oxygens (including phenoxy) is 1. The van der Waals surface area contributed by atoms with E-state index in [1.54, 1.807) is 7.11 Å². The lowest BCUT2D eigenvalue weighted by Gasteiger charge is -2.31. The molecule has 2 aliphatic carbocycles. The van der Waals surface area contributed by atoms with E-state index in [0.29, 0.717) is 6.42 Å². The van der Waals surface area contributed by atoms with Gasteiger partial charge in [0.2, 0.25) is 5.91 Å². The summed E-state index contributed by atoms with van der Waals surface area (Å²) in [5.74, 6) is 0.751. The van der Waals surface area contributed by atoms with Crippen LogP contribution >= 0.6 is 0 Å². The Morgan fingerprint density at radius 1 is 1.32 bits per heavy atom. The van der Waals surface area contributed by atoms with Gasteiger partial charge in [-0.3, -0.25) is 4.79 Å². The van der Waals surface area contributed by atoms with Crippen molar-refractivity contribution >= 4 is 5.91 Å². The fourth-order valence-electron chi connectivity index (χ4n) is 3.70. The third-order valence-corrected chi connectivity index (χ3v) is 5.12. The summed E-state index contributed by atoms with van der Waals surface area (Å²) < 4.78 is 5.39. The summed E-state index contributed by atoms with van der Waals surface area (Å²) in [5.41, 5.74) is 13.4. The molecular formula is C17H25N3O2. The van der Waals surface area contributed by atoms with Crippen molar-refractivity contribution in [3.8, 4) is 5.75 Å². The maximum absolute atomic E-state index is 12.8. The second kappa shape index (κ2) is 5.89. The van der Waals surface area contributed by atoms with Gasteiger partial charge in [-0.1, -0.05) is 12.1 Å². The molecule has 120 valence electrons. The number of nitrogens with one attached hydrogen (secondary N) is 1. The molecule has 1 saturated carbocycles. The lowest BCUT2D eigenvalue weighted by Crippen LogP contribution is -2.53. The number of rotatable bonds is 3. The summed E-state index contributed by atoms with van der Waals surface area (Å²) >= 11 is 0. The molecule has 0 spiro atoms. The maximum Gasteiger partial charge on any atom is 0.244 e. The lowest BCUT2D eigenvalue weighted by atomic mass is 9.88. The highest BCUT2D eigenvalue weighted by atomic mass is 16.5. The van der Waals surface area contributed by atoms with Crippen LogP contribution in [0.25, 0.3) is 0 Å². The van der Waals surface area contributed by atoms with Crippen molar-refractivity contribution in [3.05, 3.63) is 29.3 Å². The fraction of sp³-hybridized carbons (Fsp3) is 0.588. The van der Waals surface area contributed by atoms with E-state index >= 15 is 0 Å². The Bertz CT molecular complexity index is 567. The first-order valence-electron chi connectivity index (χ1n) is 8.06. The number of fused-ring (bicyclic) bond motifs is 1. The summed E-state index contributed by atoms with van der Waals surface area (Å²) in [6.45, 7) is 0. The molecule has 1 aromatic rings. The number of benzene rings is 1. The molecular weight excluding hydrogens is 278 g/mol. The predicted octanol–water partition coefficient (Wildman–Crippen LogP) is 1.18. The monoisotopic (exact) mass is 303 g/mol. The highest BCUT2D eigenvalue weighted by Crippen LogP contribution is 2.40. The van der Waals surface area contributed by atoms with E-state index in [2.05, 4.69) is 5.32 Å². The molecule has 1 aromatic carbocycles. The number of amides is 1. The minimum atomic E-state index is -0.941. The van der Waals surface area contributed by atoms with Gasteiger partial charge in [-0.2, -0.15) is 0 Å². The van der Waals surface area contributed by atoms with Crippen LogP contribution < -0.4 is 21.5 Å². The zero-order valence-electron chi connectivity index (χ0n) is 13.1. The maximum atomic E-state index is 12.8. The van der Waals surface area contributed by atoms with Crippen LogP contribution in [0.2, 0.25) is 0 Å². The third kappa shape index (κ3) is 2.59. The van der Waals surface area contributed by atoms with Crippen LogP contribution in [0.3, 0.4) is 0 Å². The first-order valence-corrected chi connectivity index (χ1v) is 8.06. The third-order valence-electron chi connectivity index (χ3n) is 5.12. The summed E-state index contributed by atoms with van der Waals surface area (Å²) in [4.78, 5) is 12.8. The van der Waals surface area contributed by atoms with Crippen LogP contribution in [-0.2, 0) is 16.8 Å². The molecule has 0 heterocycles. The van der Waals surface area contributed by atoms with Crippen molar-refractivity contribution < 1.29 is 9.53 Å². The van der Waals surface area contributed by atoms with Crippen LogP contribution in [-0.4, -0.2) is 25.1 Å². The van der Waals surface area contributed by atoms with Crippen LogP contribution in [0, 0.1) is 0 Å². The second-order valence-electron chi connectivity index (χ2n) is 6.54. The molecule has 3 rings (SSSR count). The van der Waals surface area contributed by atoms with Gasteiger partial charge < -0.3 is 21.5 Å². The smallest absolute Gasteiger partial charge is 0.244 e. The highest BCUT2D eigenvalue weighted by Gasteiger charge is 2.43. The summed E-state index contributed by atoms with van der Waals surface area (Å²) in [7, 11) is 1.65. The van der Waals surface area contributed by atoms with E-state index < -0.39 is 5.54 Å². The minimum absolute atomic E-state index is 0.0695. The minimum Gasteiger partial charge on any atom is -0.496 e. The van der Waals surface area contributed by atoms with E-state index in [1.807, 2.05) is 18.2 Å². The number of hydrogen-bond donors (Lipinski definition) is 3. The molecule has 1 amide bonds. The van der Waals surface area contributed by atoms with Crippen molar-refractivity contribution in [2.45, 2.75) is 56.1 Å². The van der Waals surface area contributed by atoms with Gasteiger partial charge in [0.15, 0.2) is 0 Å². The molecule has 0 saturated heterocycles. The van der Waals surface area contributed by atoms with Crippen molar-refractivity contribution in [1.82, 2.24) is 5.32 Å². The van der Waals surface area contributed by atoms with Crippen molar-refractivity contribution in [3.63, 3.8) is 0 Å². The van der Waals surface area contributed by atoms with E-state index in [1.165, 1.54) is 0 Å². The molecule has 1 atom stereocenters. The molecule has 0 aromatic heterocycles. The van der Waals surface area contributed by atoms with Gasteiger partial charge in [-0.05, 0) is 55.7 Å². The van der Waals surface area contributed by atoms with Gasteiger partial charge in [0.05, 0.1) is 7.11 Å². The molecule has 5 nitrogen and oxygen atoms in total. The molecule has 5 heteroatoms. The average Bonchev–Trinajstić information content (AvgIpc) is 2.88. The Morgan fingerprint density at radius 3 is 2.73 bits per heavy atom. The quantitative estimate of drug-likeness (QED) is 0.782. The standard InChI is InChI=1S/C17H25N3O2/c1-22-15-4-2-3-14-13(15)9-10-17(14,19)16(21)20-12-7-5-11(18)6-8-12/h2-4,11-12H,5-10,18-19H2,1H3,(H,20,21). The number of nitrogens with two attached hydrogens (primary N) is 2. The number of hydrogen-bond acceptors (Lipinski definition) is 4. The summed E-state index contributed by atoms with van der Waals surface area (Å²) in [6, 6.07) is 6.24. The number of carbonyl (C=O) groups excluding carboxylic acids is 1. The van der Waals surface area contributed by atoms with Crippen LogP contribution in [0.4, 0.5) is 0 Å². The van der Waals surface area contributed by atoms with Gasteiger partial charge in [-0.15, -0.1) is 0 Å². The molecule has 22 heavy (non-hydrogen) atoms.